The summed E-state index contributed by atoms with van der Waals surface area (Å²) in [5, 5.41) is 4.04. The Morgan fingerprint density at radius 3 is 2.44 bits per heavy atom. The van der Waals surface area contributed by atoms with Crippen LogP contribution in [0.4, 0.5) is 13.2 Å². The molecule has 2 aromatic heterocycles. The van der Waals surface area contributed by atoms with E-state index in [0.717, 1.165) is 41.3 Å². The molecule has 4 nitrogen and oxygen atoms in total. The summed E-state index contributed by atoms with van der Waals surface area (Å²) in [4.78, 5) is 0. The summed E-state index contributed by atoms with van der Waals surface area (Å²) in [6, 6.07) is 6.56. The lowest BCUT2D eigenvalue weighted by molar-refractivity contribution is -0.660. The zero-order valence-electron chi connectivity index (χ0n) is 21.7. The molecular formula is C29H35F3N4+2. The molecule has 0 N–H and O–H groups in total. The summed E-state index contributed by atoms with van der Waals surface area (Å²) in [6.07, 6.45) is 8.63. The van der Waals surface area contributed by atoms with Crippen molar-refractivity contribution in [1.82, 2.24) is 9.78 Å². The molecule has 0 atom stereocenters. The molecule has 0 spiro atoms. The number of halogens is 3. The normalized spacial score (nSPS) is 17.6. The van der Waals surface area contributed by atoms with Gasteiger partial charge in [-0.2, -0.15) is 27.4 Å². The average molecular weight is 497 g/mol. The molecule has 0 fully saturated rings. The van der Waals surface area contributed by atoms with Crippen LogP contribution in [0.25, 0.3) is 11.4 Å². The highest BCUT2D eigenvalue weighted by Crippen LogP contribution is 2.36. The van der Waals surface area contributed by atoms with Crippen molar-refractivity contribution < 1.29 is 22.3 Å². The SMILES string of the molecule is C=CC=C1C(=C)C(C)=[N+](C=CC)C(CC)(CC)C=C1Cn1nc(C(F)(F)F)cc1-c1cccc[n+]1C. The van der Waals surface area contributed by atoms with E-state index in [4.69, 9.17) is 0 Å². The molecule has 2 aromatic rings. The quantitative estimate of drug-likeness (QED) is 0.398. The van der Waals surface area contributed by atoms with Gasteiger partial charge in [0.25, 0.3) is 0 Å². The van der Waals surface area contributed by atoms with Gasteiger partial charge in [-0.1, -0.05) is 39.2 Å². The van der Waals surface area contributed by atoms with Crippen molar-refractivity contribution in [3.8, 4) is 11.4 Å². The van der Waals surface area contributed by atoms with Crippen LogP contribution in [0.2, 0.25) is 0 Å². The predicted molar refractivity (Wildman–Crippen MR) is 138 cm³/mol. The fourth-order valence-electron chi connectivity index (χ4n) is 4.83. The number of aryl methyl sites for hydroxylation is 1. The van der Waals surface area contributed by atoms with E-state index >= 15 is 0 Å². The molecule has 0 bridgehead atoms. The zero-order valence-corrected chi connectivity index (χ0v) is 21.7. The lowest BCUT2D eigenvalue weighted by Gasteiger charge is -2.25. The van der Waals surface area contributed by atoms with Gasteiger partial charge in [0.05, 0.1) is 6.54 Å². The lowest BCUT2D eigenvalue weighted by Crippen LogP contribution is -2.39. The molecule has 190 valence electrons. The molecule has 0 saturated heterocycles. The second kappa shape index (κ2) is 10.6. The van der Waals surface area contributed by atoms with Crippen molar-refractivity contribution in [1.29, 1.82) is 0 Å². The Hall–Kier alpha value is -3.48. The molecule has 3 heterocycles. The topological polar surface area (TPSA) is 24.7 Å². The van der Waals surface area contributed by atoms with E-state index in [-0.39, 0.29) is 12.1 Å². The monoisotopic (exact) mass is 496 g/mol. The minimum absolute atomic E-state index is 0.151. The van der Waals surface area contributed by atoms with Gasteiger partial charge >= 0.3 is 6.18 Å². The Kier molecular flexibility index (Phi) is 8.02. The number of allylic oxidation sites excluding steroid dienone is 6. The fourth-order valence-corrected chi connectivity index (χ4v) is 4.83. The first-order chi connectivity index (χ1) is 17.0. The van der Waals surface area contributed by atoms with E-state index in [1.807, 2.05) is 57.6 Å². The number of pyridine rings is 1. The number of alkyl halides is 3. The highest BCUT2D eigenvalue weighted by atomic mass is 19.4. The molecule has 1 aliphatic rings. The van der Waals surface area contributed by atoms with Crippen LogP contribution < -0.4 is 4.57 Å². The van der Waals surface area contributed by atoms with Gasteiger partial charge in [-0.3, -0.25) is 4.68 Å². The van der Waals surface area contributed by atoms with Gasteiger partial charge < -0.3 is 0 Å². The first kappa shape index (κ1) is 27.1. The largest absolute Gasteiger partial charge is 0.435 e. The van der Waals surface area contributed by atoms with Crippen LogP contribution in [0, 0.1) is 0 Å². The van der Waals surface area contributed by atoms with Crippen LogP contribution in [0.15, 0.2) is 90.8 Å². The van der Waals surface area contributed by atoms with Crippen LogP contribution in [0.5, 0.6) is 0 Å². The molecule has 0 amide bonds. The third-order valence-corrected chi connectivity index (χ3v) is 6.91. The van der Waals surface area contributed by atoms with Crippen molar-refractivity contribution in [2.45, 2.75) is 58.8 Å². The first-order valence-corrected chi connectivity index (χ1v) is 12.1. The molecule has 1 aliphatic heterocycles. The average Bonchev–Trinajstić information content (AvgIpc) is 3.25. The van der Waals surface area contributed by atoms with Crippen LogP contribution in [-0.4, -0.2) is 25.6 Å². The summed E-state index contributed by atoms with van der Waals surface area (Å²) in [5.74, 6) is 0. The van der Waals surface area contributed by atoms with Gasteiger partial charge in [-0.25, -0.2) is 0 Å². The van der Waals surface area contributed by atoms with Crippen LogP contribution in [-0.2, 0) is 19.8 Å². The second-order valence-corrected chi connectivity index (χ2v) is 8.98. The summed E-state index contributed by atoms with van der Waals surface area (Å²) in [6.45, 7) is 16.6. The second-order valence-electron chi connectivity index (χ2n) is 8.98. The third kappa shape index (κ3) is 5.06. The molecule has 3 rings (SSSR count). The van der Waals surface area contributed by atoms with Gasteiger partial charge in [-0.05, 0) is 36.3 Å². The zero-order chi connectivity index (χ0) is 26.7. The van der Waals surface area contributed by atoms with Crippen molar-refractivity contribution in [3.63, 3.8) is 0 Å². The maximum atomic E-state index is 13.8. The van der Waals surface area contributed by atoms with Crippen LogP contribution in [0.3, 0.4) is 0 Å². The molecular weight excluding hydrogens is 461 g/mol. The number of hydrogen-bond acceptors (Lipinski definition) is 1. The van der Waals surface area contributed by atoms with E-state index in [1.54, 1.807) is 16.7 Å². The number of aromatic nitrogens is 3. The minimum Gasteiger partial charge on any atom is -0.254 e. The van der Waals surface area contributed by atoms with E-state index in [2.05, 4.69) is 42.8 Å². The van der Waals surface area contributed by atoms with Crippen LogP contribution >= 0.6 is 0 Å². The minimum atomic E-state index is -4.56. The summed E-state index contributed by atoms with van der Waals surface area (Å²) in [7, 11) is 1.81. The fraction of sp³-hybridized carbons (Fsp3) is 0.345. The first-order valence-electron chi connectivity index (χ1n) is 12.1. The van der Waals surface area contributed by atoms with Crippen molar-refractivity contribution in [2.75, 3.05) is 0 Å². The van der Waals surface area contributed by atoms with Gasteiger partial charge in [0.2, 0.25) is 5.69 Å². The Morgan fingerprint density at radius 1 is 1.19 bits per heavy atom. The Balaban J connectivity index is 2.30. The molecule has 0 unspecified atom stereocenters. The number of hydrogen-bond donors (Lipinski definition) is 0. The number of rotatable bonds is 7. The van der Waals surface area contributed by atoms with Gasteiger partial charge in [0, 0.05) is 43.5 Å². The smallest absolute Gasteiger partial charge is 0.254 e. The highest BCUT2D eigenvalue weighted by molar-refractivity contribution is 6.00. The predicted octanol–water partition coefficient (Wildman–Crippen LogP) is 6.57. The van der Waals surface area contributed by atoms with Crippen molar-refractivity contribution in [2.24, 2.45) is 7.05 Å². The molecule has 0 aliphatic carbocycles. The standard InChI is InChI=1S/C29H35F3N4/c1-8-14-24-21(5)22(6)35(16-9-2)28(10-3,11-4)19-23(24)20-36-26(18-27(33-36)29(30,31)32)25-15-12-13-17-34(25)7/h8-9,12-19H,1,5,10-11,20H2,2-4,6-7H3/q+2. The molecule has 0 saturated carbocycles. The van der Waals surface area contributed by atoms with E-state index in [9.17, 15) is 13.2 Å². The summed E-state index contributed by atoms with van der Waals surface area (Å²) in [5.41, 5.74) is 3.23. The van der Waals surface area contributed by atoms with E-state index in [1.165, 1.54) is 4.68 Å². The molecule has 0 aromatic carbocycles. The maximum absolute atomic E-state index is 13.8. The van der Waals surface area contributed by atoms with E-state index in [0.29, 0.717) is 11.4 Å². The van der Waals surface area contributed by atoms with Crippen molar-refractivity contribution in [3.05, 3.63) is 96.5 Å². The summed E-state index contributed by atoms with van der Waals surface area (Å²) < 4.78 is 46.8. The molecule has 36 heavy (non-hydrogen) atoms. The summed E-state index contributed by atoms with van der Waals surface area (Å²) >= 11 is 0. The maximum Gasteiger partial charge on any atom is 0.435 e. The van der Waals surface area contributed by atoms with Gasteiger partial charge in [0.1, 0.15) is 12.7 Å². The van der Waals surface area contributed by atoms with E-state index < -0.39 is 11.9 Å². The molecule has 7 heteroatoms. The third-order valence-electron chi connectivity index (χ3n) is 6.91. The molecule has 0 radical (unpaired) electrons. The Labute approximate surface area is 211 Å². The Bertz CT molecular complexity index is 1280. The van der Waals surface area contributed by atoms with Gasteiger partial charge in [0.15, 0.2) is 29.3 Å². The lowest BCUT2D eigenvalue weighted by atomic mass is 9.88. The van der Waals surface area contributed by atoms with Crippen molar-refractivity contribution >= 4 is 5.71 Å². The van der Waals surface area contributed by atoms with Gasteiger partial charge in [-0.15, -0.1) is 0 Å². The van der Waals surface area contributed by atoms with Crippen LogP contribution in [0.1, 0.15) is 46.2 Å². The Morgan fingerprint density at radius 2 is 1.89 bits per heavy atom. The number of nitrogens with zero attached hydrogens (tertiary/aromatic N) is 4. The highest BCUT2D eigenvalue weighted by Gasteiger charge is 2.41.